The Labute approximate surface area is 159 Å². The molecule has 9 heteroatoms. The summed E-state index contributed by atoms with van der Waals surface area (Å²) >= 11 is 2.61. The Morgan fingerprint density at radius 1 is 1.23 bits per heavy atom. The number of benzene rings is 1. The lowest BCUT2D eigenvalue weighted by molar-refractivity contribution is -0.142. The molecule has 0 aliphatic carbocycles. The van der Waals surface area contributed by atoms with Gasteiger partial charge < -0.3 is 4.74 Å². The highest BCUT2D eigenvalue weighted by Gasteiger charge is 2.18. The van der Waals surface area contributed by atoms with E-state index >= 15 is 0 Å². The summed E-state index contributed by atoms with van der Waals surface area (Å²) in [6.45, 7) is 3.79. The number of amides is 2. The van der Waals surface area contributed by atoms with Crippen LogP contribution in [0.5, 0.6) is 0 Å². The number of hydrogen-bond acceptors (Lipinski definition) is 7. The first-order valence-electron chi connectivity index (χ1n) is 7.91. The number of hydrazine groups is 1. The molecule has 0 unspecified atom stereocenters. The molecule has 0 bridgehead atoms. The van der Waals surface area contributed by atoms with Gasteiger partial charge in [0.05, 0.1) is 24.0 Å². The molecule has 0 spiro atoms. The van der Waals surface area contributed by atoms with E-state index in [1.807, 2.05) is 0 Å². The van der Waals surface area contributed by atoms with Gasteiger partial charge in [-0.3, -0.25) is 25.2 Å². The molecule has 1 heterocycles. The number of aromatic nitrogens is 1. The molecule has 1 aromatic carbocycles. The third-order valence-corrected chi connectivity index (χ3v) is 5.26. The number of nitrogens with one attached hydrogen (secondary N) is 2. The summed E-state index contributed by atoms with van der Waals surface area (Å²) in [6.07, 6.45) is 0.110. The zero-order valence-corrected chi connectivity index (χ0v) is 16.0. The molecule has 26 heavy (non-hydrogen) atoms. The average Bonchev–Trinajstić information content (AvgIpc) is 3.06. The first kappa shape index (κ1) is 19.9. The van der Waals surface area contributed by atoms with Gasteiger partial charge in [-0.2, -0.15) is 0 Å². The molecule has 0 fully saturated rings. The second-order valence-corrected chi connectivity index (χ2v) is 7.60. The molecule has 0 saturated heterocycles. The number of carbonyl (C=O) groups excluding carboxylic acids is 3. The van der Waals surface area contributed by atoms with E-state index in [9.17, 15) is 14.4 Å². The van der Waals surface area contributed by atoms with Crippen molar-refractivity contribution in [1.29, 1.82) is 0 Å². The van der Waals surface area contributed by atoms with E-state index in [-0.39, 0.29) is 24.2 Å². The van der Waals surface area contributed by atoms with Crippen LogP contribution in [0.2, 0.25) is 0 Å². The molecular formula is C17H19N3O4S2. The van der Waals surface area contributed by atoms with E-state index in [0.717, 1.165) is 0 Å². The van der Waals surface area contributed by atoms with Crippen molar-refractivity contribution in [2.75, 3.05) is 6.61 Å². The van der Waals surface area contributed by atoms with Crippen molar-refractivity contribution >= 4 is 40.9 Å². The summed E-state index contributed by atoms with van der Waals surface area (Å²) in [5.41, 5.74) is 5.85. The molecule has 2 rings (SSSR count). The lowest BCUT2D eigenvalue weighted by atomic mass is 10.2. The first-order valence-corrected chi connectivity index (χ1v) is 9.67. The molecule has 2 aromatic rings. The second-order valence-electron chi connectivity index (χ2n) is 5.16. The molecule has 0 saturated carbocycles. The predicted octanol–water partition coefficient (Wildman–Crippen LogP) is 2.19. The molecule has 0 aliphatic heterocycles. The summed E-state index contributed by atoms with van der Waals surface area (Å²) in [7, 11) is 0. The Morgan fingerprint density at radius 2 is 1.96 bits per heavy atom. The predicted molar refractivity (Wildman–Crippen MR) is 99.8 cm³/mol. The fraction of sp³-hybridized carbons (Fsp3) is 0.294. The topological polar surface area (TPSA) is 97.4 Å². The van der Waals surface area contributed by atoms with E-state index in [0.29, 0.717) is 22.2 Å². The lowest BCUT2D eigenvalue weighted by Gasteiger charge is -2.11. The van der Waals surface area contributed by atoms with Gasteiger partial charge >= 0.3 is 5.97 Å². The molecule has 0 radical (unpaired) electrons. The highest BCUT2D eigenvalue weighted by atomic mass is 32.2. The number of rotatable bonds is 7. The number of thioether (sulfide) groups is 1. The van der Waals surface area contributed by atoms with Crippen LogP contribution in [0, 0.1) is 0 Å². The normalized spacial score (nSPS) is 11.5. The minimum absolute atomic E-state index is 0.110. The van der Waals surface area contributed by atoms with Gasteiger partial charge in [-0.1, -0.05) is 30.0 Å². The number of hydrogen-bond donors (Lipinski definition) is 2. The summed E-state index contributed by atoms with van der Waals surface area (Å²) in [4.78, 5) is 39.8. The maximum absolute atomic E-state index is 12.1. The van der Waals surface area contributed by atoms with E-state index in [1.54, 1.807) is 49.6 Å². The number of thiazole rings is 1. The Hall–Kier alpha value is -2.39. The van der Waals surface area contributed by atoms with Crippen LogP contribution >= 0.6 is 23.1 Å². The minimum atomic E-state index is -0.465. The monoisotopic (exact) mass is 393 g/mol. The van der Waals surface area contributed by atoms with Gasteiger partial charge in [-0.15, -0.1) is 11.3 Å². The molecule has 138 valence electrons. The Balaban J connectivity index is 1.81. The molecule has 2 N–H and O–H groups in total. The molecular weight excluding hydrogens is 374 g/mol. The average molecular weight is 393 g/mol. The van der Waals surface area contributed by atoms with E-state index < -0.39 is 5.25 Å². The Morgan fingerprint density at radius 3 is 2.65 bits per heavy atom. The van der Waals surface area contributed by atoms with Crippen molar-refractivity contribution in [3.63, 3.8) is 0 Å². The van der Waals surface area contributed by atoms with Crippen LogP contribution in [0.1, 0.15) is 29.9 Å². The maximum Gasteiger partial charge on any atom is 0.311 e. The molecule has 0 aliphatic rings. The summed E-state index contributed by atoms with van der Waals surface area (Å²) in [5.74, 6) is -1.06. The number of ether oxygens (including phenoxy) is 1. The van der Waals surface area contributed by atoms with E-state index in [2.05, 4.69) is 15.8 Å². The van der Waals surface area contributed by atoms with Crippen molar-refractivity contribution in [3.05, 3.63) is 47.0 Å². The minimum Gasteiger partial charge on any atom is -0.466 e. The summed E-state index contributed by atoms with van der Waals surface area (Å²) in [5, 5.41) is 1.30. The van der Waals surface area contributed by atoms with Gasteiger partial charge in [0.15, 0.2) is 4.34 Å². The number of esters is 1. The van der Waals surface area contributed by atoms with Crippen LogP contribution in [-0.4, -0.2) is 34.6 Å². The lowest BCUT2D eigenvalue weighted by Crippen LogP contribution is -2.44. The second kappa shape index (κ2) is 9.93. The maximum atomic E-state index is 12.1. The van der Waals surface area contributed by atoms with E-state index in [4.69, 9.17) is 4.74 Å². The van der Waals surface area contributed by atoms with Crippen LogP contribution in [0.25, 0.3) is 0 Å². The molecule has 7 nitrogen and oxygen atoms in total. The van der Waals surface area contributed by atoms with Gasteiger partial charge in [0.1, 0.15) is 0 Å². The van der Waals surface area contributed by atoms with Gasteiger partial charge in [-0.25, -0.2) is 4.98 Å². The van der Waals surface area contributed by atoms with Crippen LogP contribution < -0.4 is 10.9 Å². The van der Waals surface area contributed by atoms with Crippen LogP contribution in [-0.2, 0) is 20.7 Å². The quantitative estimate of drug-likeness (QED) is 0.425. The van der Waals surface area contributed by atoms with Crippen LogP contribution in [0.15, 0.2) is 40.1 Å². The van der Waals surface area contributed by atoms with Gasteiger partial charge in [-0.05, 0) is 26.0 Å². The van der Waals surface area contributed by atoms with Crippen LogP contribution in [0.4, 0.5) is 0 Å². The number of carbonyl (C=O) groups is 3. The molecule has 1 atom stereocenters. The Bertz CT molecular complexity index is 764. The standard InChI is InChI=1S/C17H19N3O4S2/c1-3-24-14(21)9-13-10-25-17(18-13)26-11(2)15(22)19-20-16(23)12-7-5-4-6-8-12/h4-8,10-11H,3,9H2,1-2H3,(H,19,22)(H,20,23)/t11-/m0/s1. The van der Waals surface area contributed by atoms with Gasteiger partial charge in [0, 0.05) is 10.9 Å². The Kier molecular flexibility index (Phi) is 7.61. The zero-order valence-electron chi connectivity index (χ0n) is 14.4. The fourth-order valence-corrected chi connectivity index (χ4v) is 3.85. The van der Waals surface area contributed by atoms with Crippen molar-refractivity contribution in [2.45, 2.75) is 29.9 Å². The first-order chi connectivity index (χ1) is 12.5. The highest BCUT2D eigenvalue weighted by molar-refractivity contribution is 8.02. The largest absolute Gasteiger partial charge is 0.466 e. The zero-order chi connectivity index (χ0) is 18.9. The van der Waals surface area contributed by atoms with Gasteiger partial charge in [0.2, 0.25) is 0 Å². The smallest absolute Gasteiger partial charge is 0.311 e. The molecule has 1 aromatic heterocycles. The third-order valence-electron chi connectivity index (χ3n) is 3.14. The fourth-order valence-electron chi connectivity index (χ4n) is 1.87. The SMILES string of the molecule is CCOC(=O)Cc1csc(S[C@@H](C)C(=O)NNC(=O)c2ccccc2)n1. The van der Waals surface area contributed by atoms with Crippen molar-refractivity contribution in [3.8, 4) is 0 Å². The summed E-state index contributed by atoms with van der Waals surface area (Å²) in [6, 6.07) is 8.59. The van der Waals surface area contributed by atoms with Crippen molar-refractivity contribution in [2.24, 2.45) is 0 Å². The highest BCUT2D eigenvalue weighted by Crippen LogP contribution is 2.27. The van der Waals surface area contributed by atoms with Crippen LogP contribution in [0.3, 0.4) is 0 Å². The van der Waals surface area contributed by atoms with Gasteiger partial charge in [0.25, 0.3) is 11.8 Å². The third kappa shape index (κ3) is 6.16. The molecule has 2 amide bonds. The number of nitrogens with zero attached hydrogens (tertiary/aromatic N) is 1. The van der Waals surface area contributed by atoms with E-state index in [1.165, 1.54) is 23.1 Å². The van der Waals surface area contributed by atoms with Crippen molar-refractivity contribution < 1.29 is 19.1 Å². The summed E-state index contributed by atoms with van der Waals surface area (Å²) < 4.78 is 5.55. The van der Waals surface area contributed by atoms with Crippen molar-refractivity contribution in [1.82, 2.24) is 15.8 Å².